The van der Waals surface area contributed by atoms with Crippen LogP contribution in [0.5, 0.6) is 0 Å². The lowest BCUT2D eigenvalue weighted by Crippen LogP contribution is -2.39. The summed E-state index contributed by atoms with van der Waals surface area (Å²) in [5, 5.41) is 13.3. The zero-order valence-electron chi connectivity index (χ0n) is 11.1. The smallest absolute Gasteiger partial charge is 0.0951 e. The molecule has 0 bridgehead atoms. The van der Waals surface area contributed by atoms with Gasteiger partial charge in [-0.3, -0.25) is 0 Å². The molecule has 1 aromatic heterocycles. The second-order valence-electron chi connectivity index (χ2n) is 4.92. The summed E-state index contributed by atoms with van der Waals surface area (Å²) in [6.07, 6.45) is 5.72. The SMILES string of the molecule is CSCC(C)(O)CNCc1cncn1C(C)C. The van der Waals surface area contributed by atoms with Gasteiger partial charge < -0.3 is 15.0 Å². The molecule has 1 aromatic rings. The molecule has 0 aliphatic heterocycles. The molecule has 98 valence electrons. The molecule has 0 saturated carbocycles. The van der Waals surface area contributed by atoms with Gasteiger partial charge in [0.2, 0.25) is 0 Å². The van der Waals surface area contributed by atoms with Gasteiger partial charge >= 0.3 is 0 Å². The first-order valence-electron chi connectivity index (χ1n) is 5.89. The quantitative estimate of drug-likeness (QED) is 0.780. The maximum absolute atomic E-state index is 10.0. The molecule has 0 aliphatic carbocycles. The van der Waals surface area contributed by atoms with Crippen LogP contribution < -0.4 is 5.32 Å². The molecule has 5 heteroatoms. The Hall–Kier alpha value is -0.520. The second kappa shape index (κ2) is 6.42. The van der Waals surface area contributed by atoms with Gasteiger partial charge in [-0.2, -0.15) is 11.8 Å². The van der Waals surface area contributed by atoms with Gasteiger partial charge in [0.05, 0.1) is 17.6 Å². The Morgan fingerprint density at radius 3 is 2.88 bits per heavy atom. The van der Waals surface area contributed by atoms with E-state index in [0.29, 0.717) is 12.6 Å². The van der Waals surface area contributed by atoms with Crippen molar-refractivity contribution < 1.29 is 5.11 Å². The molecule has 0 aromatic carbocycles. The van der Waals surface area contributed by atoms with Crippen molar-refractivity contribution in [2.45, 2.75) is 39.0 Å². The molecule has 0 radical (unpaired) electrons. The molecule has 1 rings (SSSR count). The zero-order valence-corrected chi connectivity index (χ0v) is 11.9. The summed E-state index contributed by atoms with van der Waals surface area (Å²) in [7, 11) is 0. The highest BCUT2D eigenvalue weighted by atomic mass is 32.2. The maximum atomic E-state index is 10.0. The van der Waals surface area contributed by atoms with Crippen LogP contribution in [0.2, 0.25) is 0 Å². The topological polar surface area (TPSA) is 50.1 Å². The number of thioether (sulfide) groups is 1. The Balaban J connectivity index is 2.43. The van der Waals surface area contributed by atoms with Crippen molar-refractivity contribution in [3.8, 4) is 0 Å². The Labute approximate surface area is 108 Å². The number of nitrogens with zero attached hydrogens (tertiary/aromatic N) is 2. The van der Waals surface area contributed by atoms with E-state index in [4.69, 9.17) is 0 Å². The molecule has 1 unspecified atom stereocenters. The van der Waals surface area contributed by atoms with Gasteiger partial charge in [0.25, 0.3) is 0 Å². The number of nitrogens with one attached hydrogen (secondary N) is 1. The van der Waals surface area contributed by atoms with E-state index in [-0.39, 0.29) is 0 Å². The second-order valence-corrected chi connectivity index (χ2v) is 5.79. The zero-order chi connectivity index (χ0) is 12.9. The standard InChI is InChI=1S/C12H23N3OS/c1-10(2)15-9-14-6-11(15)5-13-7-12(3,16)8-17-4/h6,9-10,13,16H,5,7-8H2,1-4H3. The van der Waals surface area contributed by atoms with Crippen molar-refractivity contribution in [3.63, 3.8) is 0 Å². The first-order valence-corrected chi connectivity index (χ1v) is 7.28. The first-order chi connectivity index (χ1) is 7.96. The van der Waals surface area contributed by atoms with Crippen molar-refractivity contribution in [2.75, 3.05) is 18.6 Å². The van der Waals surface area contributed by atoms with Gasteiger partial charge in [-0.15, -0.1) is 0 Å². The van der Waals surface area contributed by atoms with Gasteiger partial charge in [-0.1, -0.05) is 0 Å². The minimum Gasteiger partial charge on any atom is -0.388 e. The van der Waals surface area contributed by atoms with Gasteiger partial charge in [-0.05, 0) is 27.0 Å². The van der Waals surface area contributed by atoms with Crippen LogP contribution in [0.3, 0.4) is 0 Å². The molecule has 0 spiro atoms. The van der Waals surface area contributed by atoms with Gasteiger partial charge in [0.1, 0.15) is 0 Å². The molecule has 1 atom stereocenters. The fraction of sp³-hybridized carbons (Fsp3) is 0.750. The van der Waals surface area contributed by atoms with Crippen LogP contribution in [-0.2, 0) is 6.54 Å². The molecule has 0 amide bonds. The van der Waals surface area contributed by atoms with Crippen LogP contribution in [0.15, 0.2) is 12.5 Å². The van der Waals surface area contributed by atoms with Gasteiger partial charge in [0.15, 0.2) is 0 Å². The lowest BCUT2D eigenvalue weighted by molar-refractivity contribution is 0.0844. The summed E-state index contributed by atoms with van der Waals surface area (Å²) in [6, 6.07) is 0.418. The summed E-state index contributed by atoms with van der Waals surface area (Å²) in [4.78, 5) is 4.15. The number of aliphatic hydroxyl groups is 1. The van der Waals surface area contributed by atoms with Crippen LogP contribution in [0.25, 0.3) is 0 Å². The molecular weight excluding hydrogens is 234 g/mol. The van der Waals surface area contributed by atoms with Crippen LogP contribution in [0.1, 0.15) is 32.5 Å². The minimum atomic E-state index is -0.651. The maximum Gasteiger partial charge on any atom is 0.0951 e. The number of aromatic nitrogens is 2. The number of hydrogen-bond donors (Lipinski definition) is 2. The molecule has 0 fully saturated rings. The van der Waals surface area contributed by atoms with Crippen LogP contribution >= 0.6 is 11.8 Å². The Bertz CT molecular complexity index is 336. The third-order valence-corrected chi connectivity index (χ3v) is 3.48. The highest BCUT2D eigenvalue weighted by Gasteiger charge is 2.18. The summed E-state index contributed by atoms with van der Waals surface area (Å²) in [5.41, 5.74) is 0.502. The molecule has 0 aliphatic rings. The minimum absolute atomic E-state index is 0.418. The monoisotopic (exact) mass is 257 g/mol. The highest BCUT2D eigenvalue weighted by Crippen LogP contribution is 2.11. The van der Waals surface area contributed by atoms with Crippen molar-refractivity contribution in [1.29, 1.82) is 0 Å². The number of rotatable bonds is 7. The summed E-state index contributed by atoms with van der Waals surface area (Å²) in [6.45, 7) is 7.46. The van der Waals surface area contributed by atoms with Gasteiger partial charge in [-0.25, -0.2) is 4.98 Å². The largest absolute Gasteiger partial charge is 0.388 e. The number of hydrogen-bond acceptors (Lipinski definition) is 4. The van der Waals surface area contributed by atoms with Crippen molar-refractivity contribution >= 4 is 11.8 Å². The summed E-state index contributed by atoms with van der Waals surface area (Å²) < 4.78 is 2.14. The van der Waals surface area contributed by atoms with E-state index in [2.05, 4.69) is 28.7 Å². The predicted molar refractivity (Wildman–Crippen MR) is 73.3 cm³/mol. The molecule has 2 N–H and O–H groups in total. The van der Waals surface area contributed by atoms with Gasteiger partial charge in [0, 0.05) is 31.1 Å². The van der Waals surface area contributed by atoms with E-state index in [1.54, 1.807) is 11.8 Å². The van der Waals surface area contributed by atoms with Crippen LogP contribution in [0.4, 0.5) is 0 Å². The Morgan fingerprint density at radius 1 is 1.59 bits per heavy atom. The van der Waals surface area contributed by atoms with E-state index >= 15 is 0 Å². The Kier molecular flexibility index (Phi) is 5.49. The van der Waals surface area contributed by atoms with E-state index in [9.17, 15) is 5.11 Å². The number of imidazole rings is 1. The van der Waals surface area contributed by atoms with Crippen molar-refractivity contribution in [1.82, 2.24) is 14.9 Å². The Morgan fingerprint density at radius 2 is 2.29 bits per heavy atom. The summed E-state index contributed by atoms with van der Waals surface area (Å²) in [5.74, 6) is 0.740. The molecule has 4 nitrogen and oxygen atoms in total. The first kappa shape index (κ1) is 14.5. The van der Waals surface area contributed by atoms with Crippen molar-refractivity contribution in [3.05, 3.63) is 18.2 Å². The van der Waals surface area contributed by atoms with Crippen LogP contribution in [0, 0.1) is 0 Å². The third-order valence-electron chi connectivity index (χ3n) is 2.57. The van der Waals surface area contributed by atoms with E-state index in [1.807, 2.05) is 25.7 Å². The lowest BCUT2D eigenvalue weighted by Gasteiger charge is -2.23. The van der Waals surface area contributed by atoms with Crippen LogP contribution in [-0.4, -0.2) is 38.8 Å². The van der Waals surface area contributed by atoms with E-state index in [1.165, 1.54) is 0 Å². The molecule has 17 heavy (non-hydrogen) atoms. The molecular formula is C12H23N3OS. The lowest BCUT2D eigenvalue weighted by atomic mass is 10.1. The average Bonchev–Trinajstić information content (AvgIpc) is 2.65. The molecule has 1 heterocycles. The van der Waals surface area contributed by atoms with E-state index in [0.717, 1.165) is 18.0 Å². The van der Waals surface area contributed by atoms with Crippen molar-refractivity contribution in [2.24, 2.45) is 0 Å². The average molecular weight is 257 g/mol. The fourth-order valence-electron chi connectivity index (χ4n) is 1.76. The molecule has 0 saturated heterocycles. The third kappa shape index (κ3) is 4.69. The normalized spacial score (nSPS) is 15.2. The van der Waals surface area contributed by atoms with E-state index < -0.39 is 5.60 Å². The summed E-state index contributed by atoms with van der Waals surface area (Å²) >= 11 is 1.66. The predicted octanol–water partition coefficient (Wildman–Crippen LogP) is 1.67. The fourth-order valence-corrected chi connectivity index (χ4v) is 2.48. The highest BCUT2D eigenvalue weighted by molar-refractivity contribution is 7.98.